The summed E-state index contributed by atoms with van der Waals surface area (Å²) < 4.78 is 12.8. The van der Waals surface area contributed by atoms with Crippen LogP contribution in [0, 0.1) is 5.92 Å². The predicted molar refractivity (Wildman–Crippen MR) is 170 cm³/mol. The molecule has 8 heteroatoms. The van der Waals surface area contributed by atoms with Gasteiger partial charge < -0.3 is 28.8 Å². The summed E-state index contributed by atoms with van der Waals surface area (Å²) in [5, 5.41) is 2.27. The van der Waals surface area contributed by atoms with Gasteiger partial charge in [0.1, 0.15) is 11.5 Å². The number of ether oxygens (including phenoxy) is 2. The molecule has 3 heterocycles. The van der Waals surface area contributed by atoms with Gasteiger partial charge in [0.25, 0.3) is 5.91 Å². The molecule has 0 atom stereocenters. The number of amides is 1. The number of hydrogen-bond acceptors (Lipinski definition) is 4. The molecule has 41 heavy (non-hydrogen) atoms. The van der Waals surface area contributed by atoms with Gasteiger partial charge in [-0.25, -0.2) is 0 Å². The Morgan fingerprint density at radius 3 is 2.34 bits per heavy atom. The Balaban J connectivity index is 0.000000270. The molecule has 1 amide bonds. The summed E-state index contributed by atoms with van der Waals surface area (Å²) in [6, 6.07) is 14.1. The van der Waals surface area contributed by atoms with Crippen LogP contribution in [-0.2, 0) is 6.54 Å². The van der Waals surface area contributed by atoms with Gasteiger partial charge >= 0.3 is 0 Å². The Kier molecular flexibility index (Phi) is 11.0. The summed E-state index contributed by atoms with van der Waals surface area (Å²) in [4.78, 5) is 20.9. The number of benzene rings is 2. The third-order valence-electron chi connectivity index (χ3n) is 8.69. The van der Waals surface area contributed by atoms with E-state index in [0.717, 1.165) is 78.7 Å². The standard InChI is InChI=1S/C24H35N3O2.C9H9NO.ClH/c1-3-25-13-15-26(16-14-25)24(28)22-18-27(12-11-19-7-5-4-6-8-19)23-17-20(29-2)9-10-21(22)23;1-11-8-3-2-7-4-5-10-9(7)6-8;/h9-10,17-19H,3-8,11-16H2,1-2H3;2-6,10H,1H3;1H. The van der Waals surface area contributed by atoms with Crippen LogP contribution in [0.25, 0.3) is 21.8 Å². The molecule has 1 N–H and O–H groups in total. The number of likely N-dealkylation sites (N-methyl/N-ethyl adjacent to an activating group) is 1. The number of fused-ring (bicyclic) bond motifs is 2. The van der Waals surface area contributed by atoms with Gasteiger partial charge in [0, 0.05) is 68.2 Å². The van der Waals surface area contributed by atoms with Crippen molar-refractivity contribution < 1.29 is 14.3 Å². The lowest BCUT2D eigenvalue weighted by Gasteiger charge is -2.34. The number of aromatic nitrogens is 2. The van der Waals surface area contributed by atoms with E-state index in [0.29, 0.717) is 0 Å². The van der Waals surface area contributed by atoms with E-state index < -0.39 is 0 Å². The van der Waals surface area contributed by atoms with E-state index in [-0.39, 0.29) is 18.3 Å². The third kappa shape index (κ3) is 7.38. The molecule has 1 saturated carbocycles. The largest absolute Gasteiger partial charge is 0.497 e. The smallest absolute Gasteiger partial charge is 0.256 e. The van der Waals surface area contributed by atoms with Crippen LogP contribution in [-0.4, -0.2) is 72.2 Å². The summed E-state index contributed by atoms with van der Waals surface area (Å²) in [5.74, 6) is 2.74. The van der Waals surface area contributed by atoms with Crippen LogP contribution in [0.1, 0.15) is 55.8 Å². The van der Waals surface area contributed by atoms with Crippen LogP contribution in [0.2, 0.25) is 0 Å². The summed E-state index contributed by atoms with van der Waals surface area (Å²) in [6.45, 7) is 7.79. The topological polar surface area (TPSA) is 62.7 Å². The molecule has 2 aromatic heterocycles. The van der Waals surface area contributed by atoms with Crippen LogP contribution < -0.4 is 9.47 Å². The number of halogens is 1. The lowest BCUT2D eigenvalue weighted by molar-refractivity contribution is 0.0645. The maximum atomic E-state index is 13.3. The van der Waals surface area contributed by atoms with Gasteiger partial charge in [-0.2, -0.15) is 0 Å². The molecule has 222 valence electrons. The van der Waals surface area contributed by atoms with Gasteiger partial charge in [-0.3, -0.25) is 4.79 Å². The molecule has 2 fully saturated rings. The van der Waals surface area contributed by atoms with Crippen molar-refractivity contribution in [2.45, 2.75) is 52.0 Å². The van der Waals surface area contributed by atoms with E-state index in [1.165, 1.54) is 43.9 Å². The quantitative estimate of drug-likeness (QED) is 0.256. The number of nitrogens with one attached hydrogen (secondary N) is 1. The first-order valence-corrected chi connectivity index (χ1v) is 14.9. The van der Waals surface area contributed by atoms with Crippen molar-refractivity contribution in [3.63, 3.8) is 0 Å². The summed E-state index contributed by atoms with van der Waals surface area (Å²) in [6.07, 6.45) is 12.1. The van der Waals surface area contributed by atoms with Crippen molar-refractivity contribution in [1.29, 1.82) is 0 Å². The zero-order valence-corrected chi connectivity index (χ0v) is 25.5. The van der Waals surface area contributed by atoms with Gasteiger partial charge in [0.05, 0.1) is 25.3 Å². The average Bonchev–Trinajstić information content (AvgIpc) is 3.64. The fraction of sp³-hybridized carbons (Fsp3) is 0.485. The molecule has 0 unspecified atom stereocenters. The van der Waals surface area contributed by atoms with E-state index in [2.05, 4.69) is 39.7 Å². The monoisotopic (exact) mass is 580 g/mol. The SMILES string of the molecule is CCN1CCN(C(=O)c2cn(CCC3CCCCC3)c3cc(OC)ccc23)CC1.COc1ccc2cc[nH]c2c1.Cl. The number of rotatable bonds is 7. The third-order valence-corrected chi connectivity index (χ3v) is 8.69. The van der Waals surface area contributed by atoms with Crippen molar-refractivity contribution in [3.8, 4) is 11.5 Å². The van der Waals surface area contributed by atoms with E-state index in [9.17, 15) is 4.79 Å². The highest BCUT2D eigenvalue weighted by Gasteiger charge is 2.25. The second-order valence-electron chi connectivity index (χ2n) is 11.1. The molecule has 6 rings (SSSR count). The van der Waals surface area contributed by atoms with Crippen LogP contribution >= 0.6 is 12.4 Å². The molecule has 4 aromatic rings. The van der Waals surface area contributed by atoms with Crippen molar-refractivity contribution in [1.82, 2.24) is 19.4 Å². The van der Waals surface area contributed by atoms with Crippen LogP contribution in [0.4, 0.5) is 0 Å². The second-order valence-corrected chi connectivity index (χ2v) is 11.1. The number of methoxy groups -OCH3 is 2. The first-order valence-electron chi connectivity index (χ1n) is 14.9. The predicted octanol–water partition coefficient (Wildman–Crippen LogP) is 7.00. The van der Waals surface area contributed by atoms with Crippen molar-refractivity contribution in [2.24, 2.45) is 5.92 Å². The number of hydrogen-bond donors (Lipinski definition) is 1. The average molecular weight is 581 g/mol. The Bertz CT molecular complexity index is 1400. The summed E-state index contributed by atoms with van der Waals surface area (Å²) >= 11 is 0. The zero-order valence-electron chi connectivity index (χ0n) is 24.7. The number of piperazine rings is 1. The summed E-state index contributed by atoms with van der Waals surface area (Å²) in [5.41, 5.74) is 3.08. The Labute approximate surface area is 250 Å². The lowest BCUT2D eigenvalue weighted by atomic mass is 9.87. The number of aromatic amines is 1. The fourth-order valence-electron chi connectivity index (χ4n) is 6.14. The minimum absolute atomic E-state index is 0. The van der Waals surface area contributed by atoms with Crippen LogP contribution in [0.5, 0.6) is 11.5 Å². The van der Waals surface area contributed by atoms with Gasteiger partial charge in [0.2, 0.25) is 0 Å². The minimum atomic E-state index is 0. The summed E-state index contributed by atoms with van der Waals surface area (Å²) in [7, 11) is 3.37. The lowest BCUT2D eigenvalue weighted by Crippen LogP contribution is -2.48. The van der Waals surface area contributed by atoms with Crippen molar-refractivity contribution in [2.75, 3.05) is 46.9 Å². The molecular weight excluding hydrogens is 536 g/mol. The molecule has 2 aromatic carbocycles. The van der Waals surface area contributed by atoms with E-state index in [1.807, 2.05) is 41.4 Å². The molecule has 1 saturated heterocycles. The van der Waals surface area contributed by atoms with E-state index >= 15 is 0 Å². The fourth-order valence-corrected chi connectivity index (χ4v) is 6.14. The Hall–Kier alpha value is -3.16. The van der Waals surface area contributed by atoms with Crippen molar-refractivity contribution >= 4 is 40.1 Å². The first-order chi connectivity index (χ1) is 19.6. The highest BCUT2D eigenvalue weighted by Crippen LogP contribution is 2.30. The highest BCUT2D eigenvalue weighted by atomic mass is 35.5. The van der Waals surface area contributed by atoms with Gasteiger partial charge in [0.15, 0.2) is 0 Å². The molecule has 0 spiro atoms. The molecule has 7 nitrogen and oxygen atoms in total. The van der Waals surface area contributed by atoms with Gasteiger partial charge in [-0.15, -0.1) is 12.4 Å². The minimum Gasteiger partial charge on any atom is -0.497 e. The first kappa shape index (κ1) is 30.8. The normalized spacial score (nSPS) is 16.2. The van der Waals surface area contributed by atoms with Crippen LogP contribution in [0.3, 0.4) is 0 Å². The second kappa shape index (κ2) is 14.6. The van der Waals surface area contributed by atoms with Crippen LogP contribution in [0.15, 0.2) is 54.9 Å². The molecular formula is C33H45ClN4O3. The molecule has 1 aliphatic carbocycles. The Morgan fingerprint density at radius 2 is 1.63 bits per heavy atom. The van der Waals surface area contributed by atoms with Gasteiger partial charge in [-0.1, -0.05) is 39.0 Å². The number of nitrogens with zero attached hydrogens (tertiary/aromatic N) is 3. The van der Waals surface area contributed by atoms with E-state index in [1.54, 1.807) is 14.2 Å². The van der Waals surface area contributed by atoms with Crippen molar-refractivity contribution in [3.05, 3.63) is 60.4 Å². The number of H-pyrrole nitrogens is 1. The zero-order chi connectivity index (χ0) is 27.9. The molecule has 2 aliphatic rings. The molecule has 0 bridgehead atoms. The highest BCUT2D eigenvalue weighted by molar-refractivity contribution is 6.07. The number of carbonyl (C=O) groups excluding carboxylic acids is 1. The maximum Gasteiger partial charge on any atom is 0.256 e. The van der Waals surface area contributed by atoms with E-state index in [4.69, 9.17) is 9.47 Å². The molecule has 1 aliphatic heterocycles. The molecule has 0 radical (unpaired) electrons. The van der Waals surface area contributed by atoms with Gasteiger partial charge in [-0.05, 0) is 54.6 Å². The Morgan fingerprint density at radius 1 is 0.927 bits per heavy atom. The number of carbonyl (C=O) groups is 1. The number of aryl methyl sites for hydroxylation is 1. The maximum absolute atomic E-state index is 13.3.